The number of anilines is 1. The second-order valence-electron chi connectivity index (χ2n) is 6.02. The van der Waals surface area contributed by atoms with Gasteiger partial charge in [0, 0.05) is 11.3 Å². The van der Waals surface area contributed by atoms with Crippen LogP contribution in [0.25, 0.3) is 0 Å². The molecule has 1 N–H and O–H groups in total. The minimum Gasteiger partial charge on any atom is -0.497 e. The van der Waals surface area contributed by atoms with Crippen molar-refractivity contribution in [3.8, 4) is 5.75 Å². The van der Waals surface area contributed by atoms with E-state index in [0.29, 0.717) is 0 Å². The molecule has 3 rings (SSSR count). The van der Waals surface area contributed by atoms with E-state index in [1.165, 1.54) is 11.1 Å². The van der Waals surface area contributed by atoms with Crippen LogP contribution in [0.3, 0.4) is 0 Å². The predicted octanol–water partition coefficient (Wildman–Crippen LogP) is 5.50. The van der Waals surface area contributed by atoms with Gasteiger partial charge in [0.2, 0.25) is 0 Å². The van der Waals surface area contributed by atoms with Gasteiger partial charge in [-0.25, -0.2) is 4.99 Å². The first-order chi connectivity index (χ1) is 12.1. The molecule has 0 aliphatic rings. The van der Waals surface area contributed by atoms with E-state index < -0.39 is 0 Å². The van der Waals surface area contributed by atoms with Crippen molar-refractivity contribution in [3.05, 3.63) is 89.5 Å². The molecule has 0 bridgehead atoms. The molecule has 0 aliphatic heterocycles. The summed E-state index contributed by atoms with van der Waals surface area (Å²) < 4.78 is 5.22. The van der Waals surface area contributed by atoms with Crippen LogP contribution in [0.4, 0.5) is 11.4 Å². The standard InChI is InChI=1S/C22H22N2O/c1-16-4-8-18(9-5-16)22(23-19-10-6-17(2)7-11-19)24-20-12-14-21(25-3)15-13-20/h4-15H,1-3H3,(H,23,24). The summed E-state index contributed by atoms with van der Waals surface area (Å²) in [5, 5.41) is 3.42. The molecule has 3 aromatic carbocycles. The fraction of sp³-hybridized carbons (Fsp3) is 0.136. The van der Waals surface area contributed by atoms with Gasteiger partial charge in [0.05, 0.1) is 12.8 Å². The summed E-state index contributed by atoms with van der Waals surface area (Å²) in [5.41, 5.74) is 5.37. The van der Waals surface area contributed by atoms with Crippen LogP contribution in [0.15, 0.2) is 77.8 Å². The maximum absolute atomic E-state index is 5.22. The Bertz CT molecular complexity index is 848. The topological polar surface area (TPSA) is 33.6 Å². The minimum atomic E-state index is 0.814. The molecule has 0 atom stereocenters. The van der Waals surface area contributed by atoms with Crippen molar-refractivity contribution >= 4 is 17.2 Å². The van der Waals surface area contributed by atoms with Crippen LogP contribution >= 0.6 is 0 Å². The van der Waals surface area contributed by atoms with Gasteiger partial charge in [0.1, 0.15) is 11.6 Å². The maximum atomic E-state index is 5.22. The van der Waals surface area contributed by atoms with Crippen LogP contribution < -0.4 is 10.1 Å². The summed E-state index contributed by atoms with van der Waals surface area (Å²) in [5.74, 6) is 1.65. The van der Waals surface area contributed by atoms with Gasteiger partial charge in [-0.2, -0.15) is 0 Å². The van der Waals surface area contributed by atoms with Gasteiger partial charge >= 0.3 is 0 Å². The summed E-state index contributed by atoms with van der Waals surface area (Å²) >= 11 is 0. The number of nitrogens with zero attached hydrogens (tertiary/aromatic N) is 1. The number of aliphatic imine (C=N–C) groups is 1. The van der Waals surface area contributed by atoms with Crippen molar-refractivity contribution in [1.29, 1.82) is 0 Å². The molecule has 0 unspecified atom stereocenters. The number of methoxy groups -OCH3 is 1. The zero-order valence-electron chi connectivity index (χ0n) is 14.8. The second-order valence-corrected chi connectivity index (χ2v) is 6.02. The highest BCUT2D eigenvalue weighted by atomic mass is 16.5. The Morgan fingerprint density at radius 1 is 0.760 bits per heavy atom. The average Bonchev–Trinajstić information content (AvgIpc) is 2.64. The molecule has 0 amide bonds. The SMILES string of the molecule is COc1ccc(NC(=Nc2ccc(C)cc2)c2ccc(C)cc2)cc1. The number of ether oxygens (including phenoxy) is 1. The van der Waals surface area contributed by atoms with Crippen molar-refractivity contribution in [3.63, 3.8) is 0 Å². The van der Waals surface area contributed by atoms with E-state index in [0.717, 1.165) is 28.5 Å². The molecule has 0 fully saturated rings. The predicted molar refractivity (Wildman–Crippen MR) is 105 cm³/mol. The lowest BCUT2D eigenvalue weighted by molar-refractivity contribution is 0.415. The van der Waals surface area contributed by atoms with Crippen LogP contribution in [0.1, 0.15) is 16.7 Å². The summed E-state index contributed by atoms with van der Waals surface area (Å²) in [6.45, 7) is 4.15. The molecule has 0 saturated carbocycles. The van der Waals surface area contributed by atoms with Crippen LogP contribution in [-0.2, 0) is 0 Å². The zero-order valence-corrected chi connectivity index (χ0v) is 14.8. The number of rotatable bonds is 4. The molecular weight excluding hydrogens is 308 g/mol. The third-order valence-electron chi connectivity index (χ3n) is 3.95. The molecule has 3 nitrogen and oxygen atoms in total. The second kappa shape index (κ2) is 7.67. The number of aryl methyl sites for hydroxylation is 2. The molecular formula is C22H22N2O. The van der Waals surface area contributed by atoms with Gasteiger partial charge in [-0.15, -0.1) is 0 Å². The van der Waals surface area contributed by atoms with Crippen LogP contribution in [-0.4, -0.2) is 12.9 Å². The van der Waals surface area contributed by atoms with E-state index in [1.807, 2.05) is 36.4 Å². The van der Waals surface area contributed by atoms with Gasteiger partial charge in [0.15, 0.2) is 0 Å². The molecule has 0 radical (unpaired) electrons. The third kappa shape index (κ3) is 4.48. The molecule has 0 aromatic heterocycles. The van der Waals surface area contributed by atoms with Gasteiger partial charge in [-0.05, 0) is 50.2 Å². The van der Waals surface area contributed by atoms with Crippen molar-refractivity contribution in [2.24, 2.45) is 4.99 Å². The Hall–Kier alpha value is -3.07. The van der Waals surface area contributed by atoms with Crippen molar-refractivity contribution in [1.82, 2.24) is 0 Å². The molecule has 3 aromatic rings. The smallest absolute Gasteiger partial charge is 0.138 e. The molecule has 126 valence electrons. The van der Waals surface area contributed by atoms with Crippen molar-refractivity contribution in [2.45, 2.75) is 13.8 Å². The number of nitrogens with one attached hydrogen (secondary N) is 1. The number of hydrogen-bond acceptors (Lipinski definition) is 2. The van der Waals surface area contributed by atoms with Crippen LogP contribution in [0, 0.1) is 13.8 Å². The molecule has 0 aliphatic carbocycles. The Balaban J connectivity index is 1.95. The lowest BCUT2D eigenvalue weighted by atomic mass is 10.1. The van der Waals surface area contributed by atoms with Crippen molar-refractivity contribution in [2.75, 3.05) is 12.4 Å². The van der Waals surface area contributed by atoms with Gasteiger partial charge in [0.25, 0.3) is 0 Å². The highest BCUT2D eigenvalue weighted by Gasteiger charge is 2.05. The zero-order chi connectivity index (χ0) is 17.6. The third-order valence-corrected chi connectivity index (χ3v) is 3.95. The lowest BCUT2D eigenvalue weighted by Gasteiger charge is -2.12. The van der Waals surface area contributed by atoms with Crippen LogP contribution in [0.5, 0.6) is 5.75 Å². The van der Waals surface area contributed by atoms with E-state index in [9.17, 15) is 0 Å². The normalized spacial score (nSPS) is 11.2. The molecule has 3 heteroatoms. The van der Waals surface area contributed by atoms with E-state index in [1.54, 1.807) is 7.11 Å². The van der Waals surface area contributed by atoms with Gasteiger partial charge in [-0.3, -0.25) is 0 Å². The van der Waals surface area contributed by atoms with Crippen LogP contribution in [0.2, 0.25) is 0 Å². The number of hydrogen-bond donors (Lipinski definition) is 1. The van der Waals surface area contributed by atoms with E-state index in [4.69, 9.17) is 9.73 Å². The van der Waals surface area contributed by atoms with Gasteiger partial charge in [-0.1, -0.05) is 47.5 Å². The summed E-state index contributed by atoms with van der Waals surface area (Å²) in [4.78, 5) is 4.81. The molecule has 0 spiro atoms. The van der Waals surface area contributed by atoms with Gasteiger partial charge < -0.3 is 10.1 Å². The molecule has 0 saturated heterocycles. The number of amidine groups is 1. The summed E-state index contributed by atoms with van der Waals surface area (Å²) in [6, 6.07) is 24.4. The summed E-state index contributed by atoms with van der Waals surface area (Å²) in [7, 11) is 1.67. The maximum Gasteiger partial charge on any atom is 0.138 e. The summed E-state index contributed by atoms with van der Waals surface area (Å²) in [6.07, 6.45) is 0. The van der Waals surface area contributed by atoms with E-state index in [-0.39, 0.29) is 0 Å². The Morgan fingerprint density at radius 3 is 1.88 bits per heavy atom. The Morgan fingerprint density at radius 2 is 1.32 bits per heavy atom. The van der Waals surface area contributed by atoms with Crippen molar-refractivity contribution < 1.29 is 4.74 Å². The monoisotopic (exact) mass is 330 g/mol. The first-order valence-electron chi connectivity index (χ1n) is 8.27. The Labute approximate surface area is 149 Å². The molecule has 0 heterocycles. The highest BCUT2D eigenvalue weighted by Crippen LogP contribution is 2.19. The fourth-order valence-electron chi connectivity index (χ4n) is 2.44. The average molecular weight is 330 g/mol. The first-order valence-corrected chi connectivity index (χ1v) is 8.27. The quantitative estimate of drug-likeness (QED) is 0.506. The minimum absolute atomic E-state index is 0.814. The lowest BCUT2D eigenvalue weighted by Crippen LogP contribution is -2.13. The first kappa shape index (κ1) is 16.8. The molecule has 25 heavy (non-hydrogen) atoms. The Kier molecular flexibility index (Phi) is 5.14. The van der Waals surface area contributed by atoms with E-state index in [2.05, 4.69) is 55.6 Å². The van der Waals surface area contributed by atoms with E-state index >= 15 is 0 Å². The largest absolute Gasteiger partial charge is 0.497 e. The fourth-order valence-corrected chi connectivity index (χ4v) is 2.44. The highest BCUT2D eigenvalue weighted by molar-refractivity contribution is 6.09. The number of benzene rings is 3.